The zero-order valence-corrected chi connectivity index (χ0v) is 12.8. The SMILES string of the molecule is CCC(=O)N1CCCN(S(=O)(=O)c2ccccc2F)CC1. The molecule has 0 bridgehead atoms. The predicted octanol–water partition coefficient (Wildman–Crippen LogP) is 1.46. The molecule has 1 aliphatic rings. The average molecular weight is 314 g/mol. The van der Waals surface area contributed by atoms with Gasteiger partial charge in [0.1, 0.15) is 10.7 Å². The molecule has 7 heteroatoms. The first-order valence-corrected chi connectivity index (χ1v) is 8.43. The summed E-state index contributed by atoms with van der Waals surface area (Å²) in [5, 5.41) is 0. The largest absolute Gasteiger partial charge is 0.341 e. The van der Waals surface area contributed by atoms with E-state index < -0.39 is 15.8 Å². The highest BCUT2D eigenvalue weighted by Gasteiger charge is 2.29. The number of sulfonamides is 1. The molecule has 21 heavy (non-hydrogen) atoms. The van der Waals surface area contributed by atoms with Gasteiger partial charge in [-0.15, -0.1) is 0 Å². The third-order valence-corrected chi connectivity index (χ3v) is 5.50. The monoisotopic (exact) mass is 314 g/mol. The summed E-state index contributed by atoms with van der Waals surface area (Å²) in [6.45, 7) is 3.16. The molecule has 0 spiro atoms. The third-order valence-electron chi connectivity index (χ3n) is 3.56. The van der Waals surface area contributed by atoms with Gasteiger partial charge in [-0.2, -0.15) is 4.31 Å². The number of benzene rings is 1. The fourth-order valence-corrected chi connectivity index (χ4v) is 3.93. The molecule has 1 fully saturated rings. The average Bonchev–Trinajstić information content (AvgIpc) is 2.73. The Kier molecular flexibility index (Phi) is 4.95. The number of nitrogens with zero attached hydrogens (tertiary/aromatic N) is 2. The van der Waals surface area contributed by atoms with Gasteiger partial charge in [-0.05, 0) is 18.6 Å². The number of hydrogen-bond acceptors (Lipinski definition) is 3. The fourth-order valence-electron chi connectivity index (χ4n) is 2.40. The van der Waals surface area contributed by atoms with Crippen LogP contribution >= 0.6 is 0 Å². The topological polar surface area (TPSA) is 57.7 Å². The van der Waals surface area contributed by atoms with Crippen molar-refractivity contribution in [3.63, 3.8) is 0 Å². The Bertz CT molecular complexity index is 618. The Labute approximate surface area is 124 Å². The molecule has 1 heterocycles. The van der Waals surface area contributed by atoms with Crippen molar-refractivity contribution >= 4 is 15.9 Å². The minimum atomic E-state index is -3.85. The summed E-state index contributed by atoms with van der Waals surface area (Å²) in [6, 6.07) is 5.36. The number of carbonyl (C=O) groups is 1. The summed E-state index contributed by atoms with van der Waals surface area (Å²) in [5.41, 5.74) is 0. The van der Waals surface area contributed by atoms with Crippen molar-refractivity contribution in [3.05, 3.63) is 30.1 Å². The second-order valence-electron chi connectivity index (χ2n) is 4.92. The van der Waals surface area contributed by atoms with E-state index in [2.05, 4.69) is 0 Å². The predicted molar refractivity (Wildman–Crippen MR) is 76.6 cm³/mol. The summed E-state index contributed by atoms with van der Waals surface area (Å²) in [6.07, 6.45) is 0.958. The molecule has 0 N–H and O–H groups in total. The van der Waals surface area contributed by atoms with Crippen LogP contribution in [0, 0.1) is 5.82 Å². The van der Waals surface area contributed by atoms with Gasteiger partial charge in [-0.3, -0.25) is 4.79 Å². The summed E-state index contributed by atoms with van der Waals surface area (Å²) >= 11 is 0. The van der Waals surface area contributed by atoms with Gasteiger partial charge >= 0.3 is 0 Å². The number of carbonyl (C=O) groups excluding carboxylic acids is 1. The minimum Gasteiger partial charge on any atom is -0.341 e. The number of hydrogen-bond donors (Lipinski definition) is 0. The Balaban J connectivity index is 2.19. The Morgan fingerprint density at radius 2 is 1.90 bits per heavy atom. The minimum absolute atomic E-state index is 0.0140. The highest BCUT2D eigenvalue weighted by Crippen LogP contribution is 2.20. The van der Waals surface area contributed by atoms with Crippen LogP contribution in [0.2, 0.25) is 0 Å². The van der Waals surface area contributed by atoms with E-state index in [1.54, 1.807) is 11.8 Å². The van der Waals surface area contributed by atoms with Crippen molar-refractivity contribution in [3.8, 4) is 0 Å². The van der Waals surface area contributed by atoms with Gasteiger partial charge in [0.05, 0.1) is 0 Å². The van der Waals surface area contributed by atoms with Gasteiger partial charge in [0.2, 0.25) is 15.9 Å². The number of halogens is 1. The molecule has 0 aliphatic carbocycles. The van der Waals surface area contributed by atoms with E-state index in [0.717, 1.165) is 6.07 Å². The van der Waals surface area contributed by atoms with Crippen LogP contribution in [0.15, 0.2) is 29.2 Å². The molecule has 1 aromatic rings. The highest BCUT2D eigenvalue weighted by molar-refractivity contribution is 7.89. The van der Waals surface area contributed by atoms with Gasteiger partial charge in [-0.1, -0.05) is 19.1 Å². The Morgan fingerprint density at radius 3 is 2.57 bits per heavy atom. The zero-order chi connectivity index (χ0) is 15.5. The van der Waals surface area contributed by atoms with Gasteiger partial charge < -0.3 is 4.90 Å². The molecule has 0 saturated carbocycles. The standard InChI is InChI=1S/C14H19FN2O3S/c1-2-14(18)16-8-5-9-17(11-10-16)21(19,20)13-7-4-3-6-12(13)15/h3-4,6-7H,2,5,8-11H2,1H3. The fraction of sp³-hybridized carbons (Fsp3) is 0.500. The van der Waals surface area contributed by atoms with Gasteiger partial charge in [0.15, 0.2) is 0 Å². The maximum atomic E-state index is 13.7. The van der Waals surface area contributed by atoms with E-state index in [1.807, 2.05) is 0 Å². The van der Waals surface area contributed by atoms with Gasteiger partial charge in [0, 0.05) is 32.6 Å². The molecule has 1 aromatic carbocycles. The van der Waals surface area contributed by atoms with E-state index >= 15 is 0 Å². The van der Waals surface area contributed by atoms with E-state index in [-0.39, 0.29) is 17.3 Å². The molecule has 1 aliphatic heterocycles. The number of amides is 1. The smallest absolute Gasteiger partial charge is 0.246 e. The first-order chi connectivity index (χ1) is 9.96. The summed E-state index contributed by atoms with van der Waals surface area (Å²) in [7, 11) is -3.85. The van der Waals surface area contributed by atoms with Crippen LogP contribution < -0.4 is 0 Å². The molecule has 0 atom stereocenters. The molecular formula is C14H19FN2O3S. The van der Waals surface area contributed by atoms with Crippen molar-refractivity contribution in [1.82, 2.24) is 9.21 Å². The maximum absolute atomic E-state index is 13.7. The van der Waals surface area contributed by atoms with E-state index in [1.165, 1.54) is 22.5 Å². The normalized spacial score (nSPS) is 17.5. The molecular weight excluding hydrogens is 295 g/mol. The van der Waals surface area contributed by atoms with Crippen LogP contribution in [0.3, 0.4) is 0 Å². The maximum Gasteiger partial charge on any atom is 0.246 e. The molecule has 1 saturated heterocycles. The van der Waals surface area contributed by atoms with E-state index in [0.29, 0.717) is 32.5 Å². The third kappa shape index (κ3) is 3.41. The van der Waals surface area contributed by atoms with Crippen LogP contribution in [0.4, 0.5) is 4.39 Å². The van der Waals surface area contributed by atoms with Gasteiger partial charge in [-0.25, -0.2) is 12.8 Å². The number of rotatable bonds is 3. The lowest BCUT2D eigenvalue weighted by molar-refractivity contribution is -0.130. The lowest BCUT2D eigenvalue weighted by Crippen LogP contribution is -2.37. The molecule has 2 rings (SSSR count). The zero-order valence-electron chi connectivity index (χ0n) is 12.0. The lowest BCUT2D eigenvalue weighted by atomic mass is 10.3. The van der Waals surface area contributed by atoms with Crippen LogP contribution in [-0.4, -0.2) is 49.7 Å². The van der Waals surface area contributed by atoms with Crippen molar-refractivity contribution in [2.75, 3.05) is 26.2 Å². The Morgan fingerprint density at radius 1 is 1.19 bits per heavy atom. The van der Waals surface area contributed by atoms with Crippen LogP contribution in [0.25, 0.3) is 0 Å². The summed E-state index contributed by atoms with van der Waals surface area (Å²) in [4.78, 5) is 13.1. The quantitative estimate of drug-likeness (QED) is 0.849. The molecule has 0 unspecified atom stereocenters. The van der Waals surface area contributed by atoms with Crippen molar-refractivity contribution in [2.24, 2.45) is 0 Å². The van der Waals surface area contributed by atoms with Crippen molar-refractivity contribution in [2.45, 2.75) is 24.7 Å². The lowest BCUT2D eigenvalue weighted by Gasteiger charge is -2.21. The second kappa shape index (κ2) is 6.53. The molecule has 1 amide bonds. The summed E-state index contributed by atoms with van der Waals surface area (Å²) in [5.74, 6) is -0.733. The summed E-state index contributed by atoms with van der Waals surface area (Å²) < 4.78 is 40.0. The van der Waals surface area contributed by atoms with Crippen LogP contribution in [0.5, 0.6) is 0 Å². The van der Waals surface area contributed by atoms with Crippen molar-refractivity contribution in [1.29, 1.82) is 0 Å². The highest BCUT2D eigenvalue weighted by atomic mass is 32.2. The van der Waals surface area contributed by atoms with Gasteiger partial charge in [0.25, 0.3) is 0 Å². The van der Waals surface area contributed by atoms with E-state index in [9.17, 15) is 17.6 Å². The van der Waals surface area contributed by atoms with Crippen LogP contribution in [-0.2, 0) is 14.8 Å². The second-order valence-corrected chi connectivity index (χ2v) is 6.83. The Hall–Kier alpha value is -1.47. The molecule has 0 radical (unpaired) electrons. The van der Waals surface area contributed by atoms with Crippen molar-refractivity contribution < 1.29 is 17.6 Å². The molecule has 0 aromatic heterocycles. The first-order valence-electron chi connectivity index (χ1n) is 6.99. The van der Waals surface area contributed by atoms with E-state index in [4.69, 9.17) is 0 Å². The molecule has 5 nitrogen and oxygen atoms in total. The molecule has 116 valence electrons. The first kappa shape index (κ1) is 15.9. The van der Waals surface area contributed by atoms with Crippen LogP contribution in [0.1, 0.15) is 19.8 Å².